The maximum atomic E-state index is 13.6. The topological polar surface area (TPSA) is 85.9 Å². The average Bonchev–Trinajstić information content (AvgIpc) is 3.89. The minimum Gasteiger partial charge on any atom is -0.289 e. The van der Waals surface area contributed by atoms with Crippen LogP contribution in [0.3, 0.4) is 0 Å². The van der Waals surface area contributed by atoms with Crippen molar-refractivity contribution in [3.8, 4) is 0 Å². The van der Waals surface area contributed by atoms with Crippen LogP contribution in [-0.4, -0.2) is 32.3 Å². The molecule has 10 aliphatic rings. The van der Waals surface area contributed by atoms with Crippen molar-refractivity contribution >= 4 is 45.2 Å². The third-order valence-electron chi connectivity index (χ3n) is 12.7. The van der Waals surface area contributed by atoms with Gasteiger partial charge in [-0.3, -0.25) is 19.2 Å². The number of aromatic nitrogens is 4. The van der Waals surface area contributed by atoms with Crippen molar-refractivity contribution in [3.05, 3.63) is 274 Å². The molecule has 0 aliphatic carbocycles. The first-order valence-corrected chi connectivity index (χ1v) is 22.0. The quantitative estimate of drug-likeness (QED) is 0.142. The molecule has 0 saturated heterocycles. The van der Waals surface area contributed by atoms with Gasteiger partial charge in [0.25, 0.3) is 0 Å². The summed E-state index contributed by atoms with van der Waals surface area (Å²) in [5.41, 5.74) is 12.8. The number of fused-ring (bicyclic) bond motifs is 2. The maximum Gasteiger partial charge on any atom is 0.245 e. The normalized spacial score (nSPS) is 13.3. The molecule has 0 saturated carbocycles. The van der Waals surface area contributed by atoms with Gasteiger partial charge in [-0.1, -0.05) is 170 Å². The summed E-state index contributed by atoms with van der Waals surface area (Å²) >= 11 is 0. The molecule has 0 N–H and O–H groups in total. The first-order valence-electron chi connectivity index (χ1n) is 22.0. The summed E-state index contributed by atoms with van der Waals surface area (Å²) in [6.07, 6.45) is 4.21. The zero-order valence-electron chi connectivity index (χ0n) is 35.9. The first kappa shape index (κ1) is 40.2. The number of benzene rings is 8. The van der Waals surface area contributed by atoms with Crippen LogP contribution in [0.25, 0.3) is 22.1 Å². The highest BCUT2D eigenvalue weighted by atomic mass is 16.1. The van der Waals surface area contributed by atoms with Crippen LogP contribution in [0.15, 0.2) is 207 Å². The van der Waals surface area contributed by atoms with E-state index < -0.39 is 0 Å². The molecular formula is C58H42N4O4+2. The molecule has 66 heavy (non-hydrogen) atoms. The standard InChI is InChI=1S/C58H42N4O4/c63-55-43-17-9-39(10-18-43)33-59-37-60(52-6-2-1-5-51(52)59)34-40-11-19-44(20-12-40)56(64)48-29-31-50(32-30-48)58(66)46-23-15-42(16-24-46)36-62-38-61(53-7-3-4-8-54(53)62)35-41-13-21-45(22-14-41)57(65)49-27-25-47(55)26-28-49/h1-32,37-38H,33-36H2/q+2. The van der Waals surface area contributed by atoms with Gasteiger partial charge in [0.2, 0.25) is 12.7 Å². The Morgan fingerprint density at radius 1 is 0.288 bits per heavy atom. The molecule has 0 unspecified atom stereocenters. The lowest BCUT2D eigenvalue weighted by atomic mass is 9.97. The van der Waals surface area contributed by atoms with Gasteiger partial charge in [-0.05, 0) is 46.5 Å². The van der Waals surface area contributed by atoms with E-state index in [2.05, 4.69) is 55.2 Å². The second-order valence-corrected chi connectivity index (χ2v) is 17.0. The lowest BCUT2D eigenvalue weighted by Gasteiger charge is -2.06. The minimum absolute atomic E-state index is 0.109. The average molecular weight is 859 g/mol. The van der Waals surface area contributed by atoms with E-state index in [4.69, 9.17) is 0 Å². The molecule has 8 heteroatoms. The third-order valence-corrected chi connectivity index (χ3v) is 12.7. The number of para-hydroxylation sites is 4. The lowest BCUT2D eigenvalue weighted by molar-refractivity contribution is -0.663. The number of nitrogens with zero attached hydrogens (tertiary/aromatic N) is 4. The predicted octanol–water partition coefficient (Wildman–Crippen LogP) is 9.60. The van der Waals surface area contributed by atoms with Crippen LogP contribution in [0, 0.1) is 0 Å². The van der Waals surface area contributed by atoms with Crippen LogP contribution in [0.4, 0.5) is 0 Å². The van der Waals surface area contributed by atoms with Crippen LogP contribution in [0.1, 0.15) is 85.9 Å². The molecule has 0 atom stereocenters. The van der Waals surface area contributed by atoms with Gasteiger partial charge in [0, 0.05) is 44.5 Å². The van der Waals surface area contributed by atoms with Crippen molar-refractivity contribution in [2.45, 2.75) is 26.2 Å². The summed E-state index contributed by atoms with van der Waals surface area (Å²) in [4.78, 5) is 54.4. The molecule has 20 rings (SSSR count). The summed E-state index contributed by atoms with van der Waals surface area (Å²) < 4.78 is 8.80. The van der Waals surface area contributed by atoms with Crippen molar-refractivity contribution in [1.29, 1.82) is 0 Å². The Balaban J connectivity index is 0.907. The zero-order chi connectivity index (χ0) is 44.7. The molecule has 0 fully saturated rings. The van der Waals surface area contributed by atoms with Crippen molar-refractivity contribution < 1.29 is 28.3 Å². The second kappa shape index (κ2) is 16.8. The molecule has 0 radical (unpaired) electrons. The fourth-order valence-electron chi connectivity index (χ4n) is 9.03. The molecule has 12 heterocycles. The van der Waals surface area contributed by atoms with E-state index in [0.717, 1.165) is 44.3 Å². The monoisotopic (exact) mass is 858 g/mol. The van der Waals surface area contributed by atoms with Gasteiger partial charge in [0.1, 0.15) is 26.2 Å². The third kappa shape index (κ3) is 7.75. The maximum absolute atomic E-state index is 13.6. The molecule has 0 spiro atoms. The molecule has 8 nitrogen and oxygen atoms in total. The molecule has 16 bridgehead atoms. The number of carbonyl (C=O) groups is 4. The largest absolute Gasteiger partial charge is 0.289 e. The highest BCUT2D eigenvalue weighted by molar-refractivity contribution is 6.13. The van der Waals surface area contributed by atoms with E-state index in [-0.39, 0.29) is 23.1 Å². The number of hydrogen-bond acceptors (Lipinski definition) is 4. The fraction of sp³-hybridized carbons (Fsp3) is 0.0690. The Morgan fingerprint density at radius 2 is 0.530 bits per heavy atom. The van der Waals surface area contributed by atoms with Crippen molar-refractivity contribution in [2.75, 3.05) is 0 Å². The zero-order valence-corrected chi connectivity index (χ0v) is 35.9. The summed E-state index contributed by atoms with van der Waals surface area (Å²) in [5.74, 6) is -0.436. The minimum atomic E-state index is -0.109. The van der Waals surface area contributed by atoms with Crippen molar-refractivity contribution in [1.82, 2.24) is 9.13 Å². The number of hydrogen-bond donors (Lipinski definition) is 0. The van der Waals surface area contributed by atoms with Crippen molar-refractivity contribution in [2.24, 2.45) is 0 Å². The second-order valence-electron chi connectivity index (χ2n) is 17.0. The number of ketones is 4. The molecule has 316 valence electrons. The van der Waals surface area contributed by atoms with E-state index in [1.54, 1.807) is 48.5 Å². The Hall–Kier alpha value is -8.62. The van der Waals surface area contributed by atoms with Crippen LogP contribution in [0.5, 0.6) is 0 Å². The molecule has 2 aromatic heterocycles. The van der Waals surface area contributed by atoms with Gasteiger partial charge < -0.3 is 0 Å². The first-order chi connectivity index (χ1) is 32.3. The van der Waals surface area contributed by atoms with Gasteiger partial charge in [-0.2, -0.15) is 0 Å². The van der Waals surface area contributed by atoms with Crippen LogP contribution < -0.4 is 9.13 Å². The van der Waals surface area contributed by atoms with Crippen molar-refractivity contribution in [3.63, 3.8) is 0 Å². The lowest BCUT2D eigenvalue weighted by Crippen LogP contribution is -2.32. The molecule has 0 amide bonds. The smallest absolute Gasteiger partial charge is 0.245 e. The Bertz CT molecular complexity index is 3030. The number of imidazole rings is 2. The highest BCUT2D eigenvalue weighted by Crippen LogP contribution is 2.21. The van der Waals surface area contributed by atoms with Crippen LogP contribution >= 0.6 is 0 Å². The van der Waals surface area contributed by atoms with Crippen LogP contribution in [0.2, 0.25) is 0 Å². The molecule has 10 aliphatic heterocycles. The van der Waals surface area contributed by atoms with Gasteiger partial charge >= 0.3 is 0 Å². The molecule has 8 aromatic carbocycles. The summed E-state index contributed by atoms with van der Waals surface area (Å²) in [6.45, 7) is 2.42. The Labute approximate surface area is 380 Å². The summed E-state index contributed by atoms with van der Waals surface area (Å²) in [6, 6.07) is 61.1. The fourth-order valence-corrected chi connectivity index (χ4v) is 9.03. The molecular weight excluding hydrogens is 817 g/mol. The van der Waals surface area contributed by atoms with E-state index in [1.807, 2.05) is 121 Å². The number of rotatable bonds is 0. The Kier molecular flexibility index (Phi) is 10.2. The van der Waals surface area contributed by atoms with Crippen LogP contribution in [-0.2, 0) is 26.2 Å². The highest BCUT2D eigenvalue weighted by Gasteiger charge is 2.20. The Morgan fingerprint density at radius 3 is 0.818 bits per heavy atom. The summed E-state index contributed by atoms with van der Waals surface area (Å²) in [7, 11) is 0. The predicted molar refractivity (Wildman–Crippen MR) is 253 cm³/mol. The SMILES string of the molecule is O=C1c2ccc(cc2)Cn2c[n+](c3ccccc32)Cc2ccc(cc2)C(=O)c2ccc(cc2)C(=O)c2ccc(cc2)Cn2c[n+](c3ccccc32)Cc2ccc(cc2)C(=O)c2ccc1cc2. The van der Waals surface area contributed by atoms with E-state index >= 15 is 0 Å². The van der Waals surface area contributed by atoms with E-state index in [9.17, 15) is 19.2 Å². The molecule has 10 aromatic rings. The van der Waals surface area contributed by atoms with Gasteiger partial charge in [-0.15, -0.1) is 0 Å². The summed E-state index contributed by atoms with van der Waals surface area (Å²) in [5, 5.41) is 0. The van der Waals surface area contributed by atoms with Gasteiger partial charge in [0.15, 0.2) is 45.2 Å². The van der Waals surface area contributed by atoms with E-state index in [1.165, 1.54) is 0 Å². The van der Waals surface area contributed by atoms with Gasteiger partial charge in [-0.25, -0.2) is 18.3 Å². The number of carbonyl (C=O) groups excluding carboxylic acids is 4. The van der Waals surface area contributed by atoms with E-state index in [0.29, 0.717) is 70.7 Å². The van der Waals surface area contributed by atoms with Gasteiger partial charge in [0.05, 0.1) is 0 Å².